The minimum absolute atomic E-state index is 0.0443. The van der Waals surface area contributed by atoms with Gasteiger partial charge in [0, 0.05) is 38.2 Å². The highest BCUT2D eigenvalue weighted by atomic mass is 16.5. The van der Waals surface area contributed by atoms with Crippen molar-refractivity contribution in [3.63, 3.8) is 0 Å². The van der Waals surface area contributed by atoms with Gasteiger partial charge in [-0.1, -0.05) is 20.8 Å². The van der Waals surface area contributed by atoms with Crippen molar-refractivity contribution >= 4 is 17.8 Å². The molecule has 142 valence electrons. The van der Waals surface area contributed by atoms with Gasteiger partial charge in [0.15, 0.2) is 0 Å². The number of aliphatic carboxylic acids is 1. The second-order valence-electron chi connectivity index (χ2n) is 8.18. The van der Waals surface area contributed by atoms with E-state index in [-0.39, 0.29) is 36.3 Å². The Morgan fingerprint density at radius 3 is 2.44 bits per heavy atom. The normalized spacial score (nSPS) is 27.4. The molecule has 0 radical (unpaired) electrons. The highest BCUT2D eigenvalue weighted by Gasteiger charge is 2.41. The zero-order valence-corrected chi connectivity index (χ0v) is 15.7. The maximum absolute atomic E-state index is 13.0. The van der Waals surface area contributed by atoms with Crippen LogP contribution in [0.4, 0.5) is 0 Å². The number of rotatable bonds is 4. The first-order chi connectivity index (χ1) is 11.6. The molecule has 2 fully saturated rings. The van der Waals surface area contributed by atoms with Gasteiger partial charge in [0.1, 0.15) is 0 Å². The van der Waals surface area contributed by atoms with Gasteiger partial charge in [0.25, 0.3) is 0 Å². The number of hydrogen-bond donors (Lipinski definition) is 1. The summed E-state index contributed by atoms with van der Waals surface area (Å²) in [4.78, 5) is 40.1. The third-order valence-corrected chi connectivity index (χ3v) is 5.10. The first-order valence-electron chi connectivity index (χ1n) is 8.98. The molecule has 0 bridgehead atoms. The molecule has 7 nitrogen and oxygen atoms in total. The van der Waals surface area contributed by atoms with Crippen LogP contribution in [-0.4, -0.2) is 71.6 Å². The van der Waals surface area contributed by atoms with Gasteiger partial charge in [-0.25, -0.2) is 0 Å². The van der Waals surface area contributed by atoms with E-state index in [1.807, 2.05) is 20.8 Å². The van der Waals surface area contributed by atoms with Crippen LogP contribution in [0.2, 0.25) is 0 Å². The fourth-order valence-electron chi connectivity index (χ4n) is 3.78. The van der Waals surface area contributed by atoms with E-state index < -0.39 is 11.4 Å². The third kappa shape index (κ3) is 4.71. The van der Waals surface area contributed by atoms with Crippen LogP contribution in [0.3, 0.4) is 0 Å². The molecule has 2 rings (SSSR count). The molecule has 2 aliphatic rings. The summed E-state index contributed by atoms with van der Waals surface area (Å²) in [6, 6.07) is -0.330. The summed E-state index contributed by atoms with van der Waals surface area (Å²) in [5.41, 5.74) is -0.467. The van der Waals surface area contributed by atoms with Gasteiger partial charge >= 0.3 is 5.97 Å². The van der Waals surface area contributed by atoms with Gasteiger partial charge in [0.2, 0.25) is 11.8 Å². The summed E-state index contributed by atoms with van der Waals surface area (Å²) >= 11 is 0. The lowest BCUT2D eigenvalue weighted by molar-refractivity contribution is -0.146. The molecule has 0 saturated carbocycles. The van der Waals surface area contributed by atoms with E-state index >= 15 is 0 Å². The Balaban J connectivity index is 2.07. The number of hydrogen-bond acceptors (Lipinski definition) is 4. The Hall–Kier alpha value is -1.63. The molecular weight excluding hydrogens is 324 g/mol. The van der Waals surface area contributed by atoms with Crippen molar-refractivity contribution in [1.82, 2.24) is 9.80 Å². The lowest BCUT2D eigenvalue weighted by Crippen LogP contribution is -2.50. The molecule has 2 heterocycles. The number of carbonyl (C=O) groups excluding carboxylic acids is 2. The standard InChI is InChI=1S/C18H30N2O5/c1-18(2,3)17(24)19-7-5-6-12(10-19)16(23)20-11-14(25-4)8-13(20)9-15(21)22/h12-14H,5-11H2,1-4H3,(H,21,22). The van der Waals surface area contributed by atoms with E-state index in [4.69, 9.17) is 9.84 Å². The molecule has 2 amide bonds. The van der Waals surface area contributed by atoms with Crippen LogP contribution in [0.25, 0.3) is 0 Å². The van der Waals surface area contributed by atoms with Crippen molar-refractivity contribution in [2.45, 2.75) is 58.6 Å². The molecule has 25 heavy (non-hydrogen) atoms. The summed E-state index contributed by atoms with van der Waals surface area (Å²) in [5.74, 6) is -1.15. The Morgan fingerprint density at radius 1 is 1.20 bits per heavy atom. The number of nitrogens with zero attached hydrogens (tertiary/aromatic N) is 2. The first-order valence-corrected chi connectivity index (χ1v) is 8.98. The average Bonchev–Trinajstić information content (AvgIpc) is 2.94. The second kappa shape index (κ2) is 7.72. The van der Waals surface area contributed by atoms with Crippen LogP contribution in [0.15, 0.2) is 0 Å². The molecule has 0 aromatic heterocycles. The summed E-state index contributed by atoms with van der Waals surface area (Å²) in [5, 5.41) is 9.12. The Kier molecular flexibility index (Phi) is 6.08. The maximum atomic E-state index is 13.0. The van der Waals surface area contributed by atoms with Crippen LogP contribution >= 0.6 is 0 Å². The van der Waals surface area contributed by atoms with Crippen molar-refractivity contribution in [1.29, 1.82) is 0 Å². The minimum atomic E-state index is -0.910. The molecule has 0 aromatic carbocycles. The van der Waals surface area contributed by atoms with E-state index in [0.717, 1.165) is 12.8 Å². The van der Waals surface area contributed by atoms with Gasteiger partial charge in [0.05, 0.1) is 18.4 Å². The van der Waals surface area contributed by atoms with Gasteiger partial charge in [-0.3, -0.25) is 14.4 Å². The number of carbonyl (C=O) groups is 3. The number of ether oxygens (including phenoxy) is 1. The molecular formula is C18H30N2O5. The number of amides is 2. The molecule has 0 aliphatic carbocycles. The summed E-state index contributed by atoms with van der Waals surface area (Å²) < 4.78 is 5.34. The average molecular weight is 354 g/mol. The Bertz CT molecular complexity index is 528. The highest BCUT2D eigenvalue weighted by Crippen LogP contribution is 2.29. The highest BCUT2D eigenvalue weighted by molar-refractivity contribution is 5.84. The topological polar surface area (TPSA) is 87.2 Å². The predicted octanol–water partition coefficient (Wildman–Crippen LogP) is 1.36. The second-order valence-corrected chi connectivity index (χ2v) is 8.18. The summed E-state index contributed by atoms with van der Waals surface area (Å²) in [7, 11) is 1.58. The molecule has 3 atom stereocenters. The van der Waals surface area contributed by atoms with E-state index in [1.54, 1.807) is 16.9 Å². The molecule has 0 aromatic rings. The molecule has 1 N–H and O–H groups in total. The van der Waals surface area contributed by atoms with E-state index in [9.17, 15) is 14.4 Å². The van der Waals surface area contributed by atoms with Crippen molar-refractivity contribution in [3.05, 3.63) is 0 Å². The Morgan fingerprint density at radius 2 is 1.88 bits per heavy atom. The number of likely N-dealkylation sites (tertiary alicyclic amines) is 2. The van der Waals surface area contributed by atoms with Gasteiger partial charge in [-0.05, 0) is 19.3 Å². The van der Waals surface area contributed by atoms with Gasteiger partial charge in [-0.15, -0.1) is 0 Å². The lowest BCUT2D eigenvalue weighted by atomic mass is 9.90. The van der Waals surface area contributed by atoms with Crippen molar-refractivity contribution in [3.8, 4) is 0 Å². The quantitative estimate of drug-likeness (QED) is 0.824. The van der Waals surface area contributed by atoms with E-state index in [2.05, 4.69) is 0 Å². The molecule has 7 heteroatoms. The predicted molar refractivity (Wildman–Crippen MR) is 91.9 cm³/mol. The van der Waals surface area contributed by atoms with Crippen molar-refractivity contribution in [2.24, 2.45) is 11.3 Å². The number of carboxylic acids is 1. The Labute approximate surface area is 149 Å². The first kappa shape index (κ1) is 19.7. The number of methoxy groups -OCH3 is 1. The zero-order chi connectivity index (χ0) is 18.8. The third-order valence-electron chi connectivity index (χ3n) is 5.10. The molecule has 0 spiro atoms. The fraction of sp³-hybridized carbons (Fsp3) is 0.833. The van der Waals surface area contributed by atoms with Gasteiger partial charge in [-0.2, -0.15) is 0 Å². The lowest BCUT2D eigenvalue weighted by Gasteiger charge is -2.38. The number of piperidine rings is 1. The largest absolute Gasteiger partial charge is 0.481 e. The van der Waals surface area contributed by atoms with Crippen LogP contribution in [0, 0.1) is 11.3 Å². The maximum Gasteiger partial charge on any atom is 0.305 e. The van der Waals surface area contributed by atoms with Gasteiger partial charge < -0.3 is 19.6 Å². The van der Waals surface area contributed by atoms with Crippen molar-refractivity contribution in [2.75, 3.05) is 26.7 Å². The SMILES string of the molecule is COC1CC(CC(=O)O)N(C(=O)C2CCCN(C(=O)C(C)(C)C)C2)C1. The van der Waals surface area contributed by atoms with Crippen LogP contribution in [0.1, 0.15) is 46.5 Å². The van der Waals surface area contributed by atoms with E-state index in [0.29, 0.717) is 26.1 Å². The van der Waals surface area contributed by atoms with Crippen molar-refractivity contribution < 1.29 is 24.2 Å². The molecule has 2 saturated heterocycles. The monoisotopic (exact) mass is 354 g/mol. The molecule has 2 aliphatic heterocycles. The fourth-order valence-corrected chi connectivity index (χ4v) is 3.78. The molecule has 3 unspecified atom stereocenters. The minimum Gasteiger partial charge on any atom is -0.481 e. The van der Waals surface area contributed by atoms with Crippen LogP contribution in [0.5, 0.6) is 0 Å². The van der Waals surface area contributed by atoms with E-state index in [1.165, 1.54) is 0 Å². The zero-order valence-electron chi connectivity index (χ0n) is 15.7. The number of carboxylic acid groups (broad SMARTS) is 1. The van der Waals surface area contributed by atoms with Crippen LogP contribution in [-0.2, 0) is 19.1 Å². The summed E-state index contributed by atoms with van der Waals surface area (Å²) in [6.45, 7) is 7.17. The summed E-state index contributed by atoms with van der Waals surface area (Å²) in [6.07, 6.45) is 1.89. The van der Waals surface area contributed by atoms with Crippen LogP contribution < -0.4 is 0 Å². The smallest absolute Gasteiger partial charge is 0.305 e.